The van der Waals surface area contributed by atoms with Gasteiger partial charge in [0, 0.05) is 44.4 Å². The third-order valence-corrected chi connectivity index (χ3v) is 6.50. The molecule has 3 aromatic rings. The highest BCUT2D eigenvalue weighted by atomic mass is 16.3. The van der Waals surface area contributed by atoms with Gasteiger partial charge in [-0.3, -0.25) is 9.59 Å². The van der Waals surface area contributed by atoms with E-state index in [1.807, 2.05) is 17.0 Å². The van der Waals surface area contributed by atoms with Gasteiger partial charge in [0.2, 0.25) is 5.95 Å². The minimum atomic E-state index is -0.341. The van der Waals surface area contributed by atoms with Gasteiger partial charge in [0.15, 0.2) is 0 Å². The van der Waals surface area contributed by atoms with Gasteiger partial charge in [-0.1, -0.05) is 25.5 Å². The standard InChI is InChI=1S/C25H34N8O3/c1-3-4-19(9-14-34)28-22-21-20(29-25(26)30-22)15-27-33(24(21)36)16-17-5-7-18(8-6-17)23(35)32-12-10-31(2)11-13-32/h5-8,15,19,34H,3-4,9-14,16H2,1-2H3,(H3,26,28,29,30). The Hall–Kier alpha value is -3.57. The fourth-order valence-electron chi connectivity index (χ4n) is 4.43. The lowest BCUT2D eigenvalue weighted by Crippen LogP contribution is -2.47. The van der Waals surface area contributed by atoms with Crippen LogP contribution >= 0.6 is 0 Å². The van der Waals surface area contributed by atoms with Crippen LogP contribution in [0.5, 0.6) is 0 Å². The van der Waals surface area contributed by atoms with Gasteiger partial charge in [-0.15, -0.1) is 0 Å². The van der Waals surface area contributed by atoms with Crippen molar-refractivity contribution in [1.29, 1.82) is 0 Å². The lowest BCUT2D eigenvalue weighted by molar-refractivity contribution is 0.0664. The Bertz CT molecular complexity index is 1250. The number of nitrogen functional groups attached to an aromatic ring is 1. The maximum absolute atomic E-state index is 13.4. The molecule has 192 valence electrons. The number of nitrogens with zero attached hydrogens (tertiary/aromatic N) is 6. The highest BCUT2D eigenvalue weighted by molar-refractivity contribution is 5.94. The number of likely N-dealkylation sites (N-methyl/N-ethyl adjacent to an activating group) is 1. The van der Waals surface area contributed by atoms with Gasteiger partial charge in [-0.2, -0.15) is 10.1 Å². The van der Waals surface area contributed by atoms with Crippen molar-refractivity contribution in [2.24, 2.45) is 0 Å². The molecule has 1 fully saturated rings. The molecular formula is C25H34N8O3. The van der Waals surface area contributed by atoms with E-state index in [1.165, 1.54) is 10.9 Å². The monoisotopic (exact) mass is 494 g/mol. The molecule has 0 radical (unpaired) electrons. The van der Waals surface area contributed by atoms with Crippen LogP contribution in [0.15, 0.2) is 35.3 Å². The van der Waals surface area contributed by atoms with Gasteiger partial charge in [-0.25, -0.2) is 9.67 Å². The average molecular weight is 495 g/mol. The summed E-state index contributed by atoms with van der Waals surface area (Å²) < 4.78 is 1.35. The van der Waals surface area contributed by atoms with E-state index in [0.717, 1.165) is 31.5 Å². The van der Waals surface area contributed by atoms with Crippen LogP contribution in [0.1, 0.15) is 42.1 Å². The number of nitrogens with one attached hydrogen (secondary N) is 1. The summed E-state index contributed by atoms with van der Waals surface area (Å²) >= 11 is 0. The zero-order valence-electron chi connectivity index (χ0n) is 20.9. The molecule has 4 rings (SSSR count). The first-order valence-corrected chi connectivity index (χ1v) is 12.4. The number of amides is 1. The Labute approximate surface area is 209 Å². The smallest absolute Gasteiger partial charge is 0.280 e. The molecule has 11 nitrogen and oxygen atoms in total. The van der Waals surface area contributed by atoms with Crippen molar-refractivity contribution >= 4 is 28.6 Å². The van der Waals surface area contributed by atoms with E-state index in [1.54, 1.807) is 12.1 Å². The number of fused-ring (bicyclic) bond motifs is 1. The predicted octanol–water partition coefficient (Wildman–Crippen LogP) is 1.17. The summed E-state index contributed by atoms with van der Waals surface area (Å²) in [5.74, 6) is 0.410. The molecule has 4 N–H and O–H groups in total. The van der Waals surface area contributed by atoms with E-state index in [4.69, 9.17) is 5.73 Å². The first-order chi connectivity index (χ1) is 17.4. The van der Waals surface area contributed by atoms with E-state index in [9.17, 15) is 14.7 Å². The van der Waals surface area contributed by atoms with Crippen LogP contribution in [0.3, 0.4) is 0 Å². The van der Waals surface area contributed by atoms with Crippen LogP contribution in [0.25, 0.3) is 10.9 Å². The zero-order chi connectivity index (χ0) is 25.7. The second-order valence-corrected chi connectivity index (χ2v) is 9.23. The highest BCUT2D eigenvalue weighted by Gasteiger charge is 2.20. The van der Waals surface area contributed by atoms with E-state index in [2.05, 4.69) is 39.3 Å². The van der Waals surface area contributed by atoms with Crippen LogP contribution in [0.4, 0.5) is 11.8 Å². The number of aliphatic hydroxyl groups excluding tert-OH is 1. The second kappa shape index (κ2) is 11.4. The van der Waals surface area contributed by atoms with Crippen molar-refractivity contribution in [2.75, 3.05) is 50.9 Å². The minimum Gasteiger partial charge on any atom is -0.396 e. The Morgan fingerprint density at radius 3 is 2.53 bits per heavy atom. The van der Waals surface area contributed by atoms with Crippen molar-refractivity contribution in [2.45, 2.75) is 38.8 Å². The van der Waals surface area contributed by atoms with Gasteiger partial charge < -0.3 is 26.0 Å². The van der Waals surface area contributed by atoms with Gasteiger partial charge in [0.25, 0.3) is 11.5 Å². The quantitative estimate of drug-likeness (QED) is 0.399. The molecule has 0 saturated carbocycles. The summed E-state index contributed by atoms with van der Waals surface area (Å²) in [6, 6.07) is 7.23. The zero-order valence-corrected chi connectivity index (χ0v) is 20.9. The number of carbonyl (C=O) groups is 1. The molecule has 0 spiro atoms. The first-order valence-electron chi connectivity index (χ1n) is 12.4. The molecule has 1 aliphatic rings. The minimum absolute atomic E-state index is 0.0191. The van der Waals surface area contributed by atoms with Crippen LogP contribution < -0.4 is 16.6 Å². The van der Waals surface area contributed by atoms with Crippen LogP contribution in [-0.2, 0) is 6.54 Å². The van der Waals surface area contributed by atoms with Crippen LogP contribution in [0, 0.1) is 0 Å². The molecule has 1 amide bonds. The van der Waals surface area contributed by atoms with Crippen LogP contribution in [0.2, 0.25) is 0 Å². The molecular weight excluding hydrogens is 460 g/mol. The number of hydrogen-bond acceptors (Lipinski definition) is 9. The number of nitrogens with two attached hydrogens (primary N) is 1. The number of carbonyl (C=O) groups excluding carboxylic acids is 1. The summed E-state index contributed by atoms with van der Waals surface area (Å²) in [5.41, 5.74) is 7.37. The number of piperazine rings is 1. The number of hydrogen-bond donors (Lipinski definition) is 3. The fourth-order valence-corrected chi connectivity index (χ4v) is 4.43. The molecule has 1 aliphatic heterocycles. The van der Waals surface area contributed by atoms with Gasteiger partial charge in [0.05, 0.1) is 12.7 Å². The highest BCUT2D eigenvalue weighted by Crippen LogP contribution is 2.20. The molecule has 11 heteroatoms. The molecule has 1 atom stereocenters. The van der Waals surface area contributed by atoms with E-state index in [0.29, 0.717) is 41.8 Å². The molecule has 0 bridgehead atoms. The maximum Gasteiger partial charge on any atom is 0.280 e. The first kappa shape index (κ1) is 25.5. The third kappa shape index (κ3) is 5.80. The number of aromatic nitrogens is 4. The van der Waals surface area contributed by atoms with E-state index < -0.39 is 0 Å². The Balaban J connectivity index is 1.57. The number of aliphatic hydroxyl groups is 1. The second-order valence-electron chi connectivity index (χ2n) is 9.23. The Kier molecular flexibility index (Phi) is 8.11. The van der Waals surface area contributed by atoms with Crippen molar-refractivity contribution in [3.8, 4) is 0 Å². The summed E-state index contributed by atoms with van der Waals surface area (Å²) in [6.45, 7) is 5.48. The average Bonchev–Trinajstić information content (AvgIpc) is 2.86. The van der Waals surface area contributed by atoms with Crippen LogP contribution in [-0.4, -0.2) is 86.4 Å². The van der Waals surface area contributed by atoms with Gasteiger partial charge in [-0.05, 0) is 37.6 Å². The maximum atomic E-state index is 13.4. The Morgan fingerprint density at radius 1 is 1.14 bits per heavy atom. The number of benzene rings is 1. The van der Waals surface area contributed by atoms with Crippen molar-refractivity contribution in [3.63, 3.8) is 0 Å². The largest absolute Gasteiger partial charge is 0.396 e. The van der Waals surface area contributed by atoms with E-state index >= 15 is 0 Å². The topological polar surface area (TPSA) is 142 Å². The van der Waals surface area contributed by atoms with Crippen molar-refractivity contribution in [3.05, 3.63) is 51.9 Å². The van der Waals surface area contributed by atoms with Crippen molar-refractivity contribution in [1.82, 2.24) is 29.5 Å². The van der Waals surface area contributed by atoms with Gasteiger partial charge in [0.1, 0.15) is 16.7 Å². The third-order valence-electron chi connectivity index (χ3n) is 6.50. The molecule has 1 aromatic carbocycles. The van der Waals surface area contributed by atoms with Crippen molar-refractivity contribution < 1.29 is 9.90 Å². The normalized spacial score (nSPS) is 15.2. The summed E-state index contributed by atoms with van der Waals surface area (Å²) in [5, 5.41) is 17.3. The molecule has 0 aliphatic carbocycles. The molecule has 2 aromatic heterocycles. The molecule has 3 heterocycles. The molecule has 36 heavy (non-hydrogen) atoms. The van der Waals surface area contributed by atoms with Gasteiger partial charge >= 0.3 is 0 Å². The molecule has 1 unspecified atom stereocenters. The summed E-state index contributed by atoms with van der Waals surface area (Å²) in [6.07, 6.45) is 3.75. The SMILES string of the molecule is CCCC(CCO)Nc1nc(N)nc2cnn(Cc3ccc(C(=O)N4CCN(C)CC4)cc3)c(=O)c12. The summed E-state index contributed by atoms with van der Waals surface area (Å²) in [4.78, 5) is 38.7. The Morgan fingerprint density at radius 2 is 1.86 bits per heavy atom. The lowest BCUT2D eigenvalue weighted by atomic mass is 10.1. The number of rotatable bonds is 9. The predicted molar refractivity (Wildman–Crippen MR) is 139 cm³/mol. The fraction of sp³-hybridized carbons (Fsp3) is 0.480. The van der Waals surface area contributed by atoms with E-state index in [-0.39, 0.29) is 36.6 Å². The lowest BCUT2D eigenvalue weighted by Gasteiger charge is -2.32. The molecule has 1 saturated heterocycles. The number of anilines is 2. The summed E-state index contributed by atoms with van der Waals surface area (Å²) in [7, 11) is 2.05.